The van der Waals surface area contributed by atoms with Gasteiger partial charge in [-0.3, -0.25) is 4.90 Å². The molecule has 2 N–H and O–H groups in total. The Balaban J connectivity index is 1.27. The smallest absolute Gasteiger partial charge is 0.416 e. The number of benzene rings is 2. The lowest BCUT2D eigenvalue weighted by molar-refractivity contribution is -0.137. The summed E-state index contributed by atoms with van der Waals surface area (Å²) in [7, 11) is 0. The molecule has 2 fully saturated rings. The lowest BCUT2D eigenvalue weighted by Crippen LogP contribution is -2.28. The van der Waals surface area contributed by atoms with Crippen LogP contribution in [-0.2, 0) is 6.18 Å². The van der Waals surface area contributed by atoms with Gasteiger partial charge in [0.1, 0.15) is 11.5 Å². The molecule has 2 aromatic carbocycles. The van der Waals surface area contributed by atoms with Gasteiger partial charge < -0.3 is 14.9 Å². The molecule has 0 spiro atoms. The molecule has 4 rings (SSSR count). The van der Waals surface area contributed by atoms with Crippen molar-refractivity contribution in [2.75, 3.05) is 19.6 Å². The molecule has 1 aliphatic carbocycles. The van der Waals surface area contributed by atoms with Crippen LogP contribution in [-0.4, -0.2) is 40.9 Å². The number of fused-ring (bicyclic) bond motifs is 1. The number of alkyl halides is 3. The molecular weight excluding hydrogens is 383 g/mol. The lowest BCUT2D eigenvalue weighted by Gasteiger charge is -2.22. The first-order valence-corrected chi connectivity index (χ1v) is 9.81. The van der Waals surface area contributed by atoms with Crippen LogP contribution in [0.4, 0.5) is 13.2 Å². The third-order valence-electron chi connectivity index (χ3n) is 5.98. The molecule has 3 unspecified atom stereocenters. The van der Waals surface area contributed by atoms with Crippen molar-refractivity contribution in [3.05, 3.63) is 59.7 Å². The van der Waals surface area contributed by atoms with Gasteiger partial charge in [0.15, 0.2) is 0 Å². The van der Waals surface area contributed by atoms with Crippen molar-refractivity contribution in [2.24, 2.45) is 11.8 Å². The van der Waals surface area contributed by atoms with Crippen LogP contribution in [0, 0.1) is 11.8 Å². The van der Waals surface area contributed by atoms with Gasteiger partial charge >= 0.3 is 6.18 Å². The number of likely N-dealkylation sites (tertiary alicyclic amines) is 1. The molecular formula is C22H24F3NO3. The van der Waals surface area contributed by atoms with Crippen LogP contribution in [0.1, 0.15) is 30.1 Å². The Morgan fingerprint density at radius 2 is 1.55 bits per heavy atom. The Bertz CT molecular complexity index is 809. The number of aromatic hydroxyl groups is 1. The Hall–Kier alpha value is -2.25. The monoisotopic (exact) mass is 407 g/mol. The second-order valence-corrected chi connectivity index (χ2v) is 8.08. The van der Waals surface area contributed by atoms with Gasteiger partial charge in [0.2, 0.25) is 0 Å². The first kappa shape index (κ1) is 20.0. The van der Waals surface area contributed by atoms with E-state index in [9.17, 15) is 23.4 Å². The molecule has 1 saturated heterocycles. The largest absolute Gasteiger partial charge is 0.508 e. The number of hydrogen-bond acceptors (Lipinski definition) is 4. The van der Waals surface area contributed by atoms with Gasteiger partial charge in [0, 0.05) is 19.6 Å². The van der Waals surface area contributed by atoms with Crippen LogP contribution in [0.2, 0.25) is 0 Å². The summed E-state index contributed by atoms with van der Waals surface area (Å²) in [6.07, 6.45) is -3.17. The summed E-state index contributed by atoms with van der Waals surface area (Å²) in [4.78, 5) is 2.25. The first-order chi connectivity index (χ1) is 13.8. The molecule has 3 atom stereocenters. The molecule has 156 valence electrons. The molecule has 1 heterocycles. The van der Waals surface area contributed by atoms with E-state index in [4.69, 9.17) is 4.74 Å². The number of ether oxygens (including phenoxy) is 1. The molecule has 0 aromatic heterocycles. The van der Waals surface area contributed by atoms with E-state index >= 15 is 0 Å². The van der Waals surface area contributed by atoms with Crippen molar-refractivity contribution < 1.29 is 28.1 Å². The van der Waals surface area contributed by atoms with Crippen molar-refractivity contribution in [3.63, 3.8) is 0 Å². The summed E-state index contributed by atoms with van der Waals surface area (Å²) in [5.41, 5.74) is 0.111. The van der Waals surface area contributed by atoms with Crippen molar-refractivity contribution in [2.45, 2.75) is 31.2 Å². The predicted molar refractivity (Wildman–Crippen MR) is 102 cm³/mol. The highest BCUT2D eigenvalue weighted by Gasteiger charge is 2.42. The average molecular weight is 407 g/mol. The van der Waals surface area contributed by atoms with Gasteiger partial charge in [-0.25, -0.2) is 0 Å². The predicted octanol–water partition coefficient (Wildman–Crippen LogP) is 4.23. The van der Waals surface area contributed by atoms with Crippen LogP contribution in [0.3, 0.4) is 0 Å². The molecule has 0 amide bonds. The number of aliphatic hydroxyl groups excluding tert-OH is 1. The molecule has 29 heavy (non-hydrogen) atoms. The van der Waals surface area contributed by atoms with Crippen molar-refractivity contribution in [1.82, 2.24) is 4.90 Å². The fourth-order valence-corrected chi connectivity index (χ4v) is 4.55. The maximum atomic E-state index is 12.7. The topological polar surface area (TPSA) is 52.9 Å². The summed E-state index contributed by atoms with van der Waals surface area (Å²) >= 11 is 0. The van der Waals surface area contributed by atoms with Gasteiger partial charge in [0.05, 0.1) is 17.8 Å². The van der Waals surface area contributed by atoms with Gasteiger partial charge in [0.25, 0.3) is 0 Å². The third kappa shape index (κ3) is 4.67. The van der Waals surface area contributed by atoms with Crippen molar-refractivity contribution in [1.29, 1.82) is 0 Å². The van der Waals surface area contributed by atoms with E-state index in [1.54, 1.807) is 24.3 Å². The zero-order valence-electron chi connectivity index (χ0n) is 15.8. The van der Waals surface area contributed by atoms with Crippen LogP contribution in [0.15, 0.2) is 48.5 Å². The number of β-amino-alcohol motifs (C(OH)–C–C–N with tert-alkyl or cyclic N) is 1. The highest BCUT2D eigenvalue weighted by Crippen LogP contribution is 2.40. The molecule has 4 nitrogen and oxygen atoms in total. The highest BCUT2D eigenvalue weighted by atomic mass is 19.4. The normalized spacial score (nSPS) is 25.7. The van der Waals surface area contributed by atoms with Crippen LogP contribution >= 0.6 is 0 Å². The number of aliphatic hydroxyl groups is 1. The zero-order chi connectivity index (χ0) is 20.6. The van der Waals surface area contributed by atoms with Crippen molar-refractivity contribution >= 4 is 0 Å². The molecule has 1 saturated carbocycles. The standard InChI is InChI=1S/C22H24F3NO3/c23-22(24,25)17-3-7-19(8-4-17)29-20-9-15-11-26(12-16(15)10-20)13-21(28)14-1-5-18(27)6-2-14/h1-8,15-16,20-21,27-28H,9-13H2. The average Bonchev–Trinajstić information content (AvgIpc) is 3.19. The Morgan fingerprint density at radius 1 is 0.966 bits per heavy atom. The summed E-state index contributed by atoms with van der Waals surface area (Å²) in [6, 6.07) is 11.5. The van der Waals surface area contributed by atoms with Crippen molar-refractivity contribution in [3.8, 4) is 11.5 Å². The summed E-state index contributed by atoms with van der Waals surface area (Å²) in [6.45, 7) is 2.31. The van der Waals surface area contributed by atoms with E-state index in [1.807, 2.05) is 0 Å². The van der Waals surface area contributed by atoms with E-state index < -0.39 is 17.8 Å². The second-order valence-electron chi connectivity index (χ2n) is 8.08. The minimum atomic E-state index is -4.34. The molecule has 2 aromatic rings. The maximum absolute atomic E-state index is 12.7. The van der Waals surface area contributed by atoms with Crippen LogP contribution in [0.25, 0.3) is 0 Å². The Labute approximate surface area is 167 Å². The van der Waals surface area contributed by atoms with E-state index in [-0.39, 0.29) is 11.9 Å². The molecule has 1 aliphatic heterocycles. The minimum absolute atomic E-state index is 0.0194. The number of halogens is 3. The summed E-state index contributed by atoms with van der Waals surface area (Å²) in [5, 5.41) is 19.8. The van der Waals surface area contributed by atoms with Crippen LogP contribution < -0.4 is 4.74 Å². The van der Waals surface area contributed by atoms with Gasteiger partial charge in [-0.2, -0.15) is 13.2 Å². The summed E-state index contributed by atoms with van der Waals surface area (Å²) < 4.78 is 43.9. The molecule has 0 bridgehead atoms. The fourth-order valence-electron chi connectivity index (χ4n) is 4.55. The lowest BCUT2D eigenvalue weighted by atomic mass is 10.0. The number of rotatable bonds is 5. The van der Waals surface area contributed by atoms with Gasteiger partial charge in [-0.1, -0.05) is 12.1 Å². The van der Waals surface area contributed by atoms with Gasteiger partial charge in [-0.05, 0) is 66.6 Å². The fraction of sp³-hybridized carbons (Fsp3) is 0.455. The summed E-state index contributed by atoms with van der Waals surface area (Å²) in [5.74, 6) is 1.60. The molecule has 0 radical (unpaired) electrons. The first-order valence-electron chi connectivity index (χ1n) is 9.81. The number of hydrogen-bond donors (Lipinski definition) is 2. The van der Waals surface area contributed by atoms with E-state index in [0.717, 1.165) is 43.6 Å². The SMILES string of the molecule is Oc1ccc(C(O)CN2CC3CC(Oc4ccc(C(F)(F)F)cc4)CC3C2)cc1. The van der Waals surface area contributed by atoms with E-state index in [1.165, 1.54) is 12.1 Å². The Morgan fingerprint density at radius 3 is 2.10 bits per heavy atom. The quantitative estimate of drug-likeness (QED) is 0.779. The Kier molecular flexibility index (Phi) is 5.44. The van der Waals surface area contributed by atoms with Crippen LogP contribution in [0.5, 0.6) is 11.5 Å². The molecule has 7 heteroatoms. The second kappa shape index (κ2) is 7.88. The van der Waals surface area contributed by atoms with E-state index in [2.05, 4.69) is 4.90 Å². The number of nitrogens with zero attached hydrogens (tertiary/aromatic N) is 1. The van der Waals surface area contributed by atoms with E-state index in [0.29, 0.717) is 24.1 Å². The number of phenolic OH excluding ortho intramolecular Hbond substituents is 1. The highest BCUT2D eigenvalue weighted by molar-refractivity contribution is 5.29. The zero-order valence-corrected chi connectivity index (χ0v) is 15.8. The number of phenols is 1. The molecule has 2 aliphatic rings. The van der Waals surface area contributed by atoms with Gasteiger partial charge in [-0.15, -0.1) is 0 Å². The minimum Gasteiger partial charge on any atom is -0.508 e. The third-order valence-corrected chi connectivity index (χ3v) is 5.98. The maximum Gasteiger partial charge on any atom is 0.416 e.